The van der Waals surface area contributed by atoms with Crippen LogP contribution in [0.2, 0.25) is 0 Å². The van der Waals surface area contributed by atoms with Gasteiger partial charge in [0.15, 0.2) is 12.4 Å². The monoisotopic (exact) mass is 308 g/mol. The fraction of sp³-hybridized carbons (Fsp3) is 0.267. The largest absolute Gasteiger partial charge is 0.744 e. The van der Waals surface area contributed by atoms with E-state index in [9.17, 15) is 13.0 Å². The summed E-state index contributed by atoms with van der Waals surface area (Å²) in [5.41, 5.74) is 2.16. The van der Waals surface area contributed by atoms with Crippen LogP contribution in [0.5, 0.6) is 0 Å². The summed E-state index contributed by atoms with van der Waals surface area (Å²) in [6.45, 7) is 1.82. The van der Waals surface area contributed by atoms with E-state index < -0.39 is 10.1 Å². The number of aryl methyl sites for hydroxylation is 2. The zero-order chi connectivity index (χ0) is 16.0. The molecule has 0 aliphatic carbocycles. The van der Waals surface area contributed by atoms with Crippen molar-refractivity contribution in [2.75, 3.05) is 19.0 Å². The molecule has 0 N–H and O–H groups in total. The van der Waals surface area contributed by atoms with Crippen LogP contribution in [-0.4, -0.2) is 27.1 Å². The van der Waals surface area contributed by atoms with Crippen molar-refractivity contribution in [2.45, 2.75) is 11.8 Å². The molecule has 21 heavy (non-hydrogen) atoms. The van der Waals surface area contributed by atoms with Gasteiger partial charge in [-0.15, -0.1) is 0 Å². The highest BCUT2D eigenvalue weighted by atomic mass is 32.2. The Hall–Kier alpha value is -1.92. The molecule has 0 radical (unpaired) electrons. The van der Waals surface area contributed by atoms with Gasteiger partial charge in [-0.05, 0) is 19.1 Å². The van der Waals surface area contributed by atoms with Gasteiger partial charge in [0, 0.05) is 31.9 Å². The SMILES string of the molecule is CN(C)c1cc[n+](C)cc1.Cc1ccc(S(=O)(=O)[O-])cc1. The first-order chi connectivity index (χ1) is 9.70. The molecule has 0 saturated carbocycles. The molecule has 0 bridgehead atoms. The molecule has 0 amide bonds. The van der Waals surface area contributed by atoms with E-state index in [1.807, 2.05) is 45.0 Å². The standard InChI is InChI=1S/C8H13N2.C7H8O3S/c1-9(2)8-4-6-10(3)7-5-8;1-6-2-4-7(5-3-6)11(8,9)10/h4-7H,1-3H3;2-5H,1H3,(H,8,9,10)/q+1;/p-1. The highest BCUT2D eigenvalue weighted by molar-refractivity contribution is 7.85. The van der Waals surface area contributed by atoms with E-state index in [1.165, 1.54) is 17.8 Å². The van der Waals surface area contributed by atoms with E-state index in [1.54, 1.807) is 12.1 Å². The lowest BCUT2D eigenvalue weighted by Gasteiger charge is -2.09. The zero-order valence-electron chi connectivity index (χ0n) is 12.6. The number of benzene rings is 1. The zero-order valence-corrected chi connectivity index (χ0v) is 13.5. The summed E-state index contributed by atoms with van der Waals surface area (Å²) >= 11 is 0. The Kier molecular flexibility index (Phi) is 5.87. The first-order valence-corrected chi connectivity index (χ1v) is 7.76. The molecule has 0 fully saturated rings. The molecule has 6 heteroatoms. The van der Waals surface area contributed by atoms with Crippen LogP contribution in [0.1, 0.15) is 5.56 Å². The van der Waals surface area contributed by atoms with Gasteiger partial charge in [-0.3, -0.25) is 0 Å². The van der Waals surface area contributed by atoms with Crippen LogP contribution in [0.4, 0.5) is 5.69 Å². The molecule has 114 valence electrons. The van der Waals surface area contributed by atoms with E-state index in [4.69, 9.17) is 0 Å². The highest BCUT2D eigenvalue weighted by Crippen LogP contribution is 2.08. The average Bonchev–Trinajstić information content (AvgIpc) is 2.39. The van der Waals surface area contributed by atoms with Crippen LogP contribution >= 0.6 is 0 Å². The number of anilines is 1. The molecule has 2 rings (SSSR count). The number of hydrogen-bond donors (Lipinski definition) is 0. The topological polar surface area (TPSA) is 64.3 Å². The summed E-state index contributed by atoms with van der Waals surface area (Å²) in [6, 6.07) is 9.95. The Labute approximate surface area is 126 Å². The molecular formula is C15H20N2O3S. The molecule has 0 aliphatic rings. The van der Waals surface area contributed by atoms with Gasteiger partial charge < -0.3 is 9.45 Å². The molecule has 2 aromatic rings. The number of pyridine rings is 1. The van der Waals surface area contributed by atoms with Crippen molar-refractivity contribution in [3.8, 4) is 0 Å². The fourth-order valence-corrected chi connectivity index (χ4v) is 1.97. The minimum Gasteiger partial charge on any atom is -0.744 e. The summed E-state index contributed by atoms with van der Waals surface area (Å²) in [6.07, 6.45) is 4.07. The molecule has 1 aromatic heterocycles. The summed E-state index contributed by atoms with van der Waals surface area (Å²) in [5, 5.41) is 0. The minimum atomic E-state index is -4.27. The van der Waals surface area contributed by atoms with E-state index in [0.29, 0.717) is 0 Å². The van der Waals surface area contributed by atoms with Crippen LogP contribution in [0, 0.1) is 6.92 Å². The predicted octanol–water partition coefficient (Wildman–Crippen LogP) is 1.48. The molecule has 1 aromatic carbocycles. The van der Waals surface area contributed by atoms with Gasteiger partial charge in [-0.25, -0.2) is 13.0 Å². The van der Waals surface area contributed by atoms with Crippen LogP contribution in [0.25, 0.3) is 0 Å². The van der Waals surface area contributed by atoms with E-state index in [-0.39, 0.29) is 4.90 Å². The average molecular weight is 308 g/mol. The highest BCUT2D eigenvalue weighted by Gasteiger charge is 1.98. The Balaban J connectivity index is 0.000000211. The van der Waals surface area contributed by atoms with Gasteiger partial charge in [-0.1, -0.05) is 17.7 Å². The third kappa shape index (κ3) is 5.93. The second kappa shape index (κ2) is 7.19. The number of nitrogens with zero attached hydrogens (tertiary/aromatic N) is 2. The molecular weight excluding hydrogens is 288 g/mol. The van der Waals surface area contributed by atoms with Crippen molar-refractivity contribution >= 4 is 15.8 Å². The van der Waals surface area contributed by atoms with Crippen molar-refractivity contribution in [3.05, 3.63) is 54.4 Å². The summed E-state index contributed by atoms with van der Waals surface area (Å²) in [4.78, 5) is 1.91. The number of aromatic nitrogens is 1. The van der Waals surface area contributed by atoms with Crippen molar-refractivity contribution < 1.29 is 17.5 Å². The van der Waals surface area contributed by atoms with Crippen molar-refractivity contribution in [1.82, 2.24) is 0 Å². The third-order valence-electron chi connectivity index (χ3n) is 2.79. The molecule has 0 atom stereocenters. The summed E-state index contributed by atoms with van der Waals surface area (Å²) in [7, 11) is 1.82. The molecule has 0 spiro atoms. The van der Waals surface area contributed by atoms with Crippen LogP contribution < -0.4 is 9.47 Å². The van der Waals surface area contributed by atoms with Crippen molar-refractivity contribution in [2.24, 2.45) is 7.05 Å². The molecule has 0 unspecified atom stereocenters. The van der Waals surface area contributed by atoms with Crippen LogP contribution in [0.15, 0.2) is 53.7 Å². The first-order valence-electron chi connectivity index (χ1n) is 6.35. The number of rotatable bonds is 2. The Morgan fingerprint density at radius 3 is 1.86 bits per heavy atom. The smallest absolute Gasteiger partial charge is 0.170 e. The first kappa shape index (κ1) is 17.1. The summed E-state index contributed by atoms with van der Waals surface area (Å²) in [5.74, 6) is 0. The molecule has 0 aliphatic heterocycles. The second-order valence-corrected chi connectivity index (χ2v) is 6.26. The lowest BCUT2D eigenvalue weighted by Crippen LogP contribution is -2.26. The quantitative estimate of drug-likeness (QED) is 0.622. The van der Waals surface area contributed by atoms with E-state index >= 15 is 0 Å². The number of hydrogen-bond acceptors (Lipinski definition) is 4. The van der Waals surface area contributed by atoms with Crippen molar-refractivity contribution in [3.63, 3.8) is 0 Å². The normalized spacial score (nSPS) is 10.5. The molecule has 5 nitrogen and oxygen atoms in total. The molecule has 1 heterocycles. The fourth-order valence-electron chi connectivity index (χ4n) is 1.50. The predicted molar refractivity (Wildman–Crippen MR) is 81.1 cm³/mol. The maximum absolute atomic E-state index is 10.4. The Morgan fingerprint density at radius 1 is 1.00 bits per heavy atom. The van der Waals surface area contributed by atoms with Crippen LogP contribution in [0.3, 0.4) is 0 Å². The lowest BCUT2D eigenvalue weighted by molar-refractivity contribution is -0.671. The maximum atomic E-state index is 10.4. The van der Waals surface area contributed by atoms with Gasteiger partial charge in [-0.2, -0.15) is 0 Å². The lowest BCUT2D eigenvalue weighted by atomic mass is 10.2. The van der Waals surface area contributed by atoms with E-state index in [2.05, 4.69) is 17.0 Å². The summed E-state index contributed by atoms with van der Waals surface area (Å²) < 4.78 is 33.2. The second-order valence-electron chi connectivity index (χ2n) is 4.88. The van der Waals surface area contributed by atoms with Gasteiger partial charge in [0.05, 0.1) is 4.90 Å². The van der Waals surface area contributed by atoms with Gasteiger partial charge in [0.1, 0.15) is 17.2 Å². The molecule has 0 saturated heterocycles. The van der Waals surface area contributed by atoms with Gasteiger partial charge in [0.25, 0.3) is 0 Å². The Bertz CT molecular complexity index is 663. The van der Waals surface area contributed by atoms with Crippen molar-refractivity contribution in [1.29, 1.82) is 0 Å². The third-order valence-corrected chi connectivity index (χ3v) is 3.64. The van der Waals surface area contributed by atoms with Crippen LogP contribution in [-0.2, 0) is 17.2 Å². The van der Waals surface area contributed by atoms with Gasteiger partial charge in [0.2, 0.25) is 0 Å². The van der Waals surface area contributed by atoms with E-state index in [0.717, 1.165) is 5.56 Å². The minimum absolute atomic E-state index is 0.178. The van der Waals surface area contributed by atoms with Gasteiger partial charge >= 0.3 is 0 Å². The maximum Gasteiger partial charge on any atom is 0.170 e. The Morgan fingerprint density at radius 2 is 1.48 bits per heavy atom.